The summed E-state index contributed by atoms with van der Waals surface area (Å²) in [6.07, 6.45) is 0. The molecule has 5 aromatic rings. The number of rotatable bonds is 4. The van der Waals surface area contributed by atoms with Crippen molar-refractivity contribution >= 4 is 67.1 Å². The molecule has 0 aliphatic carbocycles. The van der Waals surface area contributed by atoms with E-state index in [4.69, 9.17) is 4.74 Å². The van der Waals surface area contributed by atoms with Gasteiger partial charge in [-0.3, -0.25) is 19.2 Å². The standard InChI is InChI=1S/C29H16N2O5S2/c1-15-5-2-6-16(13-15)36-20-14-19-23-17(26(32)30(28(19)34)21-7-3-11-37-21)9-10-18-24(23)25(20)29(35)31(27(18)33)22-8-4-12-38-22/h2-14H,1H3. The normalized spacial score (nSPS) is 14.6. The van der Waals surface area contributed by atoms with Gasteiger partial charge in [-0.05, 0) is 77.8 Å². The van der Waals surface area contributed by atoms with Crippen LogP contribution >= 0.6 is 22.7 Å². The summed E-state index contributed by atoms with van der Waals surface area (Å²) < 4.78 is 6.25. The number of anilines is 2. The lowest BCUT2D eigenvalue weighted by Crippen LogP contribution is -2.43. The van der Waals surface area contributed by atoms with E-state index in [-0.39, 0.29) is 33.4 Å². The number of nitrogens with zero attached hydrogens (tertiary/aromatic N) is 2. The quantitative estimate of drug-likeness (QED) is 0.240. The molecule has 4 heterocycles. The zero-order valence-corrected chi connectivity index (χ0v) is 21.4. The molecule has 0 saturated carbocycles. The first-order chi connectivity index (χ1) is 18.4. The fourth-order valence-electron chi connectivity index (χ4n) is 5.02. The summed E-state index contributed by atoms with van der Waals surface area (Å²) in [6, 6.07) is 18.9. The van der Waals surface area contributed by atoms with E-state index in [2.05, 4.69) is 0 Å². The molecular weight excluding hydrogens is 520 g/mol. The summed E-state index contributed by atoms with van der Waals surface area (Å²) in [5.74, 6) is -1.51. The highest BCUT2D eigenvalue weighted by Gasteiger charge is 2.43. The molecule has 0 spiro atoms. The molecule has 2 aliphatic rings. The molecule has 0 fully saturated rings. The van der Waals surface area contributed by atoms with Crippen molar-refractivity contribution in [2.24, 2.45) is 0 Å². The van der Waals surface area contributed by atoms with Crippen molar-refractivity contribution < 1.29 is 23.9 Å². The van der Waals surface area contributed by atoms with Crippen molar-refractivity contribution in [1.29, 1.82) is 0 Å². The van der Waals surface area contributed by atoms with Crippen LogP contribution in [0.4, 0.5) is 10.0 Å². The van der Waals surface area contributed by atoms with Crippen molar-refractivity contribution in [3.63, 3.8) is 0 Å². The van der Waals surface area contributed by atoms with Crippen molar-refractivity contribution in [3.05, 3.63) is 105 Å². The van der Waals surface area contributed by atoms with Gasteiger partial charge in [0.25, 0.3) is 23.6 Å². The van der Waals surface area contributed by atoms with Gasteiger partial charge in [-0.25, -0.2) is 9.80 Å². The average molecular weight is 537 g/mol. The van der Waals surface area contributed by atoms with Crippen molar-refractivity contribution in [1.82, 2.24) is 0 Å². The minimum Gasteiger partial charge on any atom is -0.456 e. The van der Waals surface area contributed by atoms with Crippen LogP contribution in [-0.2, 0) is 0 Å². The Morgan fingerprint density at radius 3 is 1.84 bits per heavy atom. The molecule has 0 atom stereocenters. The Bertz CT molecular complexity index is 1840. The maximum Gasteiger partial charge on any atom is 0.270 e. The molecule has 7 rings (SSSR count). The Hall–Kier alpha value is -4.60. The lowest BCUT2D eigenvalue weighted by molar-refractivity contribution is 0.0872. The van der Waals surface area contributed by atoms with E-state index in [1.807, 2.05) is 25.1 Å². The molecule has 0 bridgehead atoms. The SMILES string of the molecule is Cc1cccc(Oc2cc3c4c(ccc5c4c2C(=O)N(c2cccs2)C5=O)C(=O)N(c2cccs2)C3=O)c1. The van der Waals surface area contributed by atoms with E-state index in [9.17, 15) is 19.2 Å². The number of amides is 4. The first kappa shape index (κ1) is 22.6. The van der Waals surface area contributed by atoms with Gasteiger partial charge >= 0.3 is 0 Å². The Balaban J connectivity index is 1.54. The van der Waals surface area contributed by atoms with Crippen LogP contribution < -0.4 is 14.5 Å². The number of aryl methyl sites for hydroxylation is 1. The van der Waals surface area contributed by atoms with Gasteiger partial charge in [-0.1, -0.05) is 12.1 Å². The predicted molar refractivity (Wildman–Crippen MR) is 146 cm³/mol. The fourth-order valence-corrected chi connectivity index (χ4v) is 6.47. The minimum absolute atomic E-state index is 0.139. The Labute approximate surface area is 224 Å². The largest absolute Gasteiger partial charge is 0.456 e. The molecule has 0 saturated heterocycles. The van der Waals surface area contributed by atoms with Crippen LogP contribution in [0.1, 0.15) is 47.0 Å². The average Bonchev–Trinajstić information content (AvgIpc) is 3.62. The number of carbonyl (C=O) groups is 4. The second-order valence-electron chi connectivity index (χ2n) is 8.92. The van der Waals surface area contributed by atoms with Crippen LogP contribution in [-0.4, -0.2) is 23.6 Å². The van der Waals surface area contributed by atoms with Gasteiger partial charge in [0, 0.05) is 21.9 Å². The lowest BCUT2D eigenvalue weighted by atomic mass is 9.85. The van der Waals surface area contributed by atoms with Crippen LogP contribution in [0.2, 0.25) is 0 Å². The molecule has 2 aromatic heterocycles. The molecule has 7 nitrogen and oxygen atoms in total. The minimum atomic E-state index is -0.572. The van der Waals surface area contributed by atoms with E-state index in [1.54, 1.807) is 53.2 Å². The van der Waals surface area contributed by atoms with Gasteiger partial charge < -0.3 is 4.74 Å². The third-order valence-corrected chi connectivity index (χ3v) is 8.34. The lowest BCUT2D eigenvalue weighted by Gasteiger charge is -2.32. The van der Waals surface area contributed by atoms with E-state index < -0.39 is 23.6 Å². The molecule has 3 aromatic carbocycles. The maximum atomic E-state index is 14.0. The highest BCUT2D eigenvalue weighted by molar-refractivity contribution is 7.15. The van der Waals surface area contributed by atoms with Crippen molar-refractivity contribution in [2.75, 3.05) is 9.80 Å². The Kier molecular flexibility index (Phi) is 4.88. The summed E-state index contributed by atoms with van der Waals surface area (Å²) in [5, 5.41) is 5.08. The number of ether oxygens (including phenoxy) is 1. The Morgan fingerprint density at radius 1 is 0.632 bits per heavy atom. The van der Waals surface area contributed by atoms with Crippen molar-refractivity contribution in [3.8, 4) is 11.5 Å². The van der Waals surface area contributed by atoms with Crippen LogP contribution in [0.15, 0.2) is 77.5 Å². The monoisotopic (exact) mass is 536 g/mol. The second kappa shape index (κ2) is 8.20. The number of benzene rings is 3. The first-order valence-electron chi connectivity index (χ1n) is 11.7. The second-order valence-corrected chi connectivity index (χ2v) is 10.8. The molecule has 4 amide bonds. The van der Waals surface area contributed by atoms with E-state index >= 15 is 0 Å². The molecule has 0 N–H and O–H groups in total. The van der Waals surface area contributed by atoms with Crippen LogP contribution in [0.5, 0.6) is 11.5 Å². The van der Waals surface area contributed by atoms with Gasteiger partial charge in [0.2, 0.25) is 0 Å². The third-order valence-electron chi connectivity index (χ3n) is 6.63. The smallest absolute Gasteiger partial charge is 0.270 e. The van der Waals surface area contributed by atoms with Gasteiger partial charge in [0.15, 0.2) is 0 Å². The summed E-state index contributed by atoms with van der Waals surface area (Å²) in [5.41, 5.74) is 1.77. The number of imide groups is 2. The highest BCUT2D eigenvalue weighted by atomic mass is 32.1. The van der Waals surface area contributed by atoms with Crippen LogP contribution in [0, 0.1) is 6.92 Å². The molecule has 0 radical (unpaired) electrons. The predicted octanol–water partition coefficient (Wildman–Crippen LogP) is 6.66. The number of hydrogen-bond acceptors (Lipinski definition) is 7. The van der Waals surface area contributed by atoms with Gasteiger partial charge in [0.1, 0.15) is 21.5 Å². The van der Waals surface area contributed by atoms with E-state index in [1.165, 1.54) is 28.7 Å². The fraction of sp³-hybridized carbons (Fsp3) is 0.0345. The molecule has 2 aliphatic heterocycles. The first-order valence-corrected chi connectivity index (χ1v) is 13.4. The molecule has 184 valence electrons. The number of thiophene rings is 2. The number of carbonyl (C=O) groups excluding carboxylic acids is 4. The Morgan fingerprint density at radius 2 is 1.24 bits per heavy atom. The molecule has 9 heteroatoms. The summed E-state index contributed by atoms with van der Waals surface area (Å²) in [6.45, 7) is 1.92. The molecule has 0 unspecified atom stereocenters. The third kappa shape index (κ3) is 3.12. The van der Waals surface area contributed by atoms with E-state index in [0.29, 0.717) is 21.1 Å². The summed E-state index contributed by atoms with van der Waals surface area (Å²) >= 11 is 2.53. The highest BCUT2D eigenvalue weighted by Crippen LogP contribution is 2.45. The van der Waals surface area contributed by atoms with Gasteiger partial charge in [0.05, 0.1) is 11.1 Å². The molecular formula is C29H16N2O5S2. The van der Waals surface area contributed by atoms with Gasteiger partial charge in [-0.2, -0.15) is 0 Å². The van der Waals surface area contributed by atoms with Crippen LogP contribution in [0.25, 0.3) is 10.8 Å². The summed E-state index contributed by atoms with van der Waals surface area (Å²) in [7, 11) is 0. The number of hydrogen-bond donors (Lipinski definition) is 0. The zero-order chi connectivity index (χ0) is 26.1. The topological polar surface area (TPSA) is 84.0 Å². The molecule has 38 heavy (non-hydrogen) atoms. The van der Waals surface area contributed by atoms with E-state index in [0.717, 1.165) is 15.4 Å². The van der Waals surface area contributed by atoms with Crippen LogP contribution in [0.3, 0.4) is 0 Å². The maximum absolute atomic E-state index is 14.0. The zero-order valence-electron chi connectivity index (χ0n) is 19.8. The van der Waals surface area contributed by atoms with Crippen molar-refractivity contribution in [2.45, 2.75) is 6.92 Å². The van der Waals surface area contributed by atoms with Gasteiger partial charge in [-0.15, -0.1) is 22.7 Å². The summed E-state index contributed by atoms with van der Waals surface area (Å²) in [4.78, 5) is 57.3.